The van der Waals surface area contributed by atoms with Crippen LogP contribution >= 0.6 is 0 Å². The number of alkyl carbamates (subject to hydrolysis) is 1. The van der Waals surface area contributed by atoms with Crippen LogP contribution < -0.4 is 5.32 Å². The molecule has 1 aromatic heterocycles. The number of aromatic nitrogens is 3. The number of carbonyl (C=O) groups excluding carboxylic acids is 1. The van der Waals surface area contributed by atoms with Crippen molar-refractivity contribution in [1.82, 2.24) is 20.1 Å². The van der Waals surface area contributed by atoms with Crippen molar-refractivity contribution in [2.75, 3.05) is 6.61 Å². The molecule has 1 unspecified atom stereocenters. The fourth-order valence-corrected chi connectivity index (χ4v) is 4.26. The highest BCUT2D eigenvalue weighted by molar-refractivity contribution is 5.84. The van der Waals surface area contributed by atoms with E-state index in [1.807, 2.05) is 36.4 Å². The molecular formula is C24H24N4O4. The van der Waals surface area contributed by atoms with Gasteiger partial charge in [0.2, 0.25) is 0 Å². The molecule has 2 aliphatic rings. The lowest BCUT2D eigenvalue weighted by atomic mass is 9.98. The molecule has 5 rings (SSSR count). The van der Waals surface area contributed by atoms with Gasteiger partial charge >= 0.3 is 12.1 Å². The number of rotatable bonds is 7. The number of hydrogen-bond donors (Lipinski definition) is 2. The highest BCUT2D eigenvalue weighted by atomic mass is 16.5. The Kier molecular flexibility index (Phi) is 4.92. The highest BCUT2D eigenvalue weighted by Gasteiger charge is 2.38. The summed E-state index contributed by atoms with van der Waals surface area (Å²) in [6.45, 7) is 1.51. The lowest BCUT2D eigenvalue weighted by Crippen LogP contribution is -2.55. The molecule has 0 saturated heterocycles. The maximum Gasteiger partial charge on any atom is 0.408 e. The van der Waals surface area contributed by atoms with Gasteiger partial charge in [-0.05, 0) is 42.0 Å². The van der Waals surface area contributed by atoms with E-state index in [-0.39, 0.29) is 19.1 Å². The Morgan fingerprint density at radius 2 is 1.75 bits per heavy atom. The number of aliphatic carboxylic acids is 1. The molecule has 2 aliphatic carbocycles. The first-order valence-corrected chi connectivity index (χ1v) is 10.7. The molecule has 1 atom stereocenters. The van der Waals surface area contributed by atoms with Gasteiger partial charge in [-0.1, -0.05) is 48.5 Å². The molecule has 8 heteroatoms. The van der Waals surface area contributed by atoms with Crippen molar-refractivity contribution in [3.8, 4) is 11.1 Å². The summed E-state index contributed by atoms with van der Waals surface area (Å²) in [5, 5.41) is 16.7. The number of carbonyl (C=O) groups is 2. The van der Waals surface area contributed by atoms with E-state index < -0.39 is 17.6 Å². The molecule has 0 spiro atoms. The number of hydrogen-bond acceptors (Lipinski definition) is 5. The van der Waals surface area contributed by atoms with E-state index in [0.717, 1.165) is 40.9 Å². The molecule has 0 aliphatic heterocycles. The number of benzene rings is 2. The standard InChI is InChI=1S/C24H24N4O4/c1-24(22(29)30,13-28-14-25-21(27-28)15-10-11-15)26-23(31)32-12-20-18-8-4-2-6-16(18)17-7-3-5-9-19(17)20/h2-9,14-15,20H,10-13H2,1H3,(H,26,31)(H,29,30). The SMILES string of the molecule is CC(Cn1cnc(C2CC2)n1)(NC(=O)OCC1c2ccccc2-c2ccccc21)C(=O)O. The number of nitrogens with zero attached hydrogens (tertiary/aromatic N) is 3. The van der Waals surface area contributed by atoms with E-state index in [0.29, 0.717) is 5.92 Å². The van der Waals surface area contributed by atoms with E-state index in [1.54, 1.807) is 0 Å². The molecule has 1 amide bonds. The molecule has 2 N–H and O–H groups in total. The largest absolute Gasteiger partial charge is 0.479 e. The highest BCUT2D eigenvalue weighted by Crippen LogP contribution is 2.44. The van der Waals surface area contributed by atoms with Crippen LogP contribution in [-0.4, -0.2) is 44.1 Å². The first kappa shape index (κ1) is 20.2. The van der Waals surface area contributed by atoms with Crippen molar-refractivity contribution >= 4 is 12.1 Å². The summed E-state index contributed by atoms with van der Waals surface area (Å²) in [7, 11) is 0. The molecule has 3 aromatic rings. The van der Waals surface area contributed by atoms with Gasteiger partial charge in [0.05, 0.1) is 6.54 Å². The monoisotopic (exact) mass is 432 g/mol. The lowest BCUT2D eigenvalue weighted by molar-refractivity contribution is -0.144. The Balaban J connectivity index is 1.27. The minimum Gasteiger partial charge on any atom is -0.479 e. The summed E-state index contributed by atoms with van der Waals surface area (Å²) in [4.78, 5) is 28.8. The summed E-state index contributed by atoms with van der Waals surface area (Å²) in [5.74, 6) is -0.184. The van der Waals surface area contributed by atoms with Crippen LogP contribution in [0.1, 0.15) is 48.6 Å². The Hall–Kier alpha value is -3.68. The van der Waals surface area contributed by atoms with Gasteiger partial charge in [-0.15, -0.1) is 0 Å². The van der Waals surface area contributed by atoms with E-state index >= 15 is 0 Å². The predicted octanol–water partition coefficient (Wildman–Crippen LogP) is 3.54. The second-order valence-corrected chi connectivity index (χ2v) is 8.66. The maximum absolute atomic E-state index is 12.6. The molecule has 32 heavy (non-hydrogen) atoms. The van der Waals surface area contributed by atoms with E-state index in [1.165, 1.54) is 17.9 Å². The Morgan fingerprint density at radius 1 is 1.12 bits per heavy atom. The average molecular weight is 432 g/mol. The van der Waals surface area contributed by atoms with Gasteiger partial charge in [-0.2, -0.15) is 5.10 Å². The van der Waals surface area contributed by atoms with Crippen molar-refractivity contribution in [3.05, 3.63) is 71.8 Å². The van der Waals surface area contributed by atoms with Gasteiger partial charge in [-0.25, -0.2) is 19.3 Å². The van der Waals surface area contributed by atoms with Crippen LogP contribution in [0.4, 0.5) is 4.79 Å². The van der Waals surface area contributed by atoms with Crippen LogP contribution in [0.25, 0.3) is 11.1 Å². The summed E-state index contributed by atoms with van der Waals surface area (Å²) >= 11 is 0. The second kappa shape index (κ2) is 7.78. The number of carboxylic acids is 1. The molecule has 1 fully saturated rings. The van der Waals surface area contributed by atoms with Gasteiger partial charge in [-0.3, -0.25) is 0 Å². The molecule has 0 radical (unpaired) electrons. The predicted molar refractivity (Wildman–Crippen MR) is 116 cm³/mol. The quantitative estimate of drug-likeness (QED) is 0.592. The third kappa shape index (κ3) is 3.72. The Morgan fingerprint density at radius 3 is 2.34 bits per heavy atom. The molecule has 2 aromatic carbocycles. The van der Waals surface area contributed by atoms with Crippen molar-refractivity contribution in [2.45, 2.75) is 43.7 Å². The Bertz CT molecular complexity index is 1140. The van der Waals surface area contributed by atoms with Crippen LogP contribution in [0.3, 0.4) is 0 Å². The third-order valence-corrected chi connectivity index (χ3v) is 6.17. The van der Waals surface area contributed by atoms with E-state index in [9.17, 15) is 14.7 Å². The fourth-order valence-electron chi connectivity index (χ4n) is 4.26. The number of fused-ring (bicyclic) bond motifs is 3. The van der Waals surface area contributed by atoms with Crippen molar-refractivity contribution in [3.63, 3.8) is 0 Å². The van der Waals surface area contributed by atoms with Crippen LogP contribution in [0, 0.1) is 0 Å². The topological polar surface area (TPSA) is 106 Å². The lowest BCUT2D eigenvalue weighted by Gasteiger charge is -2.26. The van der Waals surface area contributed by atoms with E-state index in [2.05, 4.69) is 27.5 Å². The third-order valence-electron chi connectivity index (χ3n) is 6.17. The normalized spacial score (nSPS) is 16.7. The molecular weight excluding hydrogens is 408 g/mol. The molecule has 1 saturated carbocycles. The fraction of sp³-hybridized carbons (Fsp3) is 0.333. The molecule has 0 bridgehead atoms. The smallest absolute Gasteiger partial charge is 0.408 e. The minimum atomic E-state index is -1.59. The van der Waals surface area contributed by atoms with Crippen LogP contribution in [0.15, 0.2) is 54.9 Å². The Labute approximate surface area is 185 Å². The van der Waals surface area contributed by atoms with Gasteiger partial charge in [0, 0.05) is 11.8 Å². The average Bonchev–Trinajstić information content (AvgIpc) is 3.45. The summed E-state index contributed by atoms with van der Waals surface area (Å²) < 4.78 is 6.98. The number of nitrogens with one attached hydrogen (secondary N) is 1. The number of amides is 1. The van der Waals surface area contributed by atoms with Gasteiger partial charge in [0.15, 0.2) is 11.4 Å². The maximum atomic E-state index is 12.6. The first-order valence-electron chi connectivity index (χ1n) is 10.7. The van der Waals surface area contributed by atoms with Crippen molar-refractivity contribution < 1.29 is 19.4 Å². The number of carboxylic acid groups (broad SMARTS) is 1. The second-order valence-electron chi connectivity index (χ2n) is 8.66. The zero-order valence-corrected chi connectivity index (χ0v) is 17.7. The summed E-state index contributed by atoms with van der Waals surface area (Å²) in [6, 6.07) is 16.1. The molecule has 1 heterocycles. The summed E-state index contributed by atoms with van der Waals surface area (Å²) in [6.07, 6.45) is 2.84. The minimum absolute atomic E-state index is 0.0494. The van der Waals surface area contributed by atoms with Crippen LogP contribution in [0.2, 0.25) is 0 Å². The van der Waals surface area contributed by atoms with Gasteiger partial charge < -0.3 is 15.2 Å². The molecule has 164 valence electrons. The van der Waals surface area contributed by atoms with E-state index in [4.69, 9.17) is 4.74 Å². The molecule has 8 nitrogen and oxygen atoms in total. The van der Waals surface area contributed by atoms with Crippen molar-refractivity contribution in [1.29, 1.82) is 0 Å². The zero-order chi connectivity index (χ0) is 22.3. The van der Waals surface area contributed by atoms with Crippen LogP contribution in [0.5, 0.6) is 0 Å². The van der Waals surface area contributed by atoms with Crippen LogP contribution in [-0.2, 0) is 16.1 Å². The summed E-state index contributed by atoms with van der Waals surface area (Å²) in [5.41, 5.74) is 2.86. The van der Waals surface area contributed by atoms with Crippen molar-refractivity contribution in [2.24, 2.45) is 0 Å². The number of ether oxygens (including phenoxy) is 1. The van der Waals surface area contributed by atoms with Gasteiger partial charge in [0.25, 0.3) is 0 Å². The van der Waals surface area contributed by atoms with Gasteiger partial charge in [0.1, 0.15) is 12.9 Å². The first-order chi connectivity index (χ1) is 15.4. The zero-order valence-electron chi connectivity index (χ0n) is 17.7.